The first-order chi connectivity index (χ1) is 12.0. The van der Waals surface area contributed by atoms with Crippen molar-refractivity contribution in [3.05, 3.63) is 0 Å². The van der Waals surface area contributed by atoms with Crippen LogP contribution in [0.3, 0.4) is 0 Å². The van der Waals surface area contributed by atoms with Gasteiger partial charge in [-0.1, -0.05) is 0 Å². The van der Waals surface area contributed by atoms with Crippen molar-refractivity contribution in [2.45, 2.75) is 68.8 Å². The van der Waals surface area contributed by atoms with Crippen molar-refractivity contribution >= 4 is 18.0 Å². The highest BCUT2D eigenvalue weighted by molar-refractivity contribution is 5.87. The maximum atomic E-state index is 12.4. The monoisotopic (exact) mass is 354 g/mol. The summed E-state index contributed by atoms with van der Waals surface area (Å²) < 4.78 is 0. The van der Waals surface area contributed by atoms with Crippen LogP contribution in [-0.4, -0.2) is 80.0 Å². The molecular weight excluding hydrogens is 332 g/mol. The molecule has 0 spiro atoms. The Hall–Kier alpha value is -2.07. The average molecular weight is 354 g/mol. The smallest absolute Gasteiger partial charge is 0.407 e. The summed E-state index contributed by atoms with van der Waals surface area (Å²) in [5.74, 6) is -0.393. The molecule has 0 aromatic heterocycles. The first kappa shape index (κ1) is 16.4. The van der Waals surface area contributed by atoms with Gasteiger partial charge in [-0.05, 0) is 38.5 Å². The number of urea groups is 1. The Balaban J connectivity index is 1.31. The largest absolute Gasteiger partial charge is 0.465 e. The van der Waals surface area contributed by atoms with Gasteiger partial charge >= 0.3 is 12.1 Å². The Morgan fingerprint density at radius 2 is 1.72 bits per heavy atom. The first-order valence-corrected chi connectivity index (χ1v) is 8.71. The van der Waals surface area contributed by atoms with E-state index in [1.54, 1.807) is 0 Å². The summed E-state index contributed by atoms with van der Waals surface area (Å²) in [5.41, 5.74) is 2.45. The van der Waals surface area contributed by atoms with Crippen molar-refractivity contribution in [3.8, 4) is 0 Å². The normalized spacial score (nSPS) is 36.8. The molecule has 0 aromatic carbocycles. The van der Waals surface area contributed by atoms with Crippen LogP contribution in [0, 0.1) is 0 Å². The van der Waals surface area contributed by atoms with Crippen LogP contribution < -0.4 is 5.48 Å². The van der Waals surface area contributed by atoms with Crippen LogP contribution in [0.15, 0.2) is 0 Å². The van der Waals surface area contributed by atoms with E-state index in [0.29, 0.717) is 37.3 Å². The molecule has 4 rings (SSSR count). The molecule has 4 amide bonds. The molecule has 25 heavy (non-hydrogen) atoms. The van der Waals surface area contributed by atoms with E-state index in [1.807, 2.05) is 0 Å². The van der Waals surface area contributed by atoms with Crippen LogP contribution in [0.1, 0.15) is 38.5 Å². The molecule has 138 valence electrons. The van der Waals surface area contributed by atoms with Gasteiger partial charge in [-0.3, -0.25) is 14.8 Å². The second kappa shape index (κ2) is 6.03. The first-order valence-electron chi connectivity index (χ1n) is 8.71. The number of rotatable bonds is 3. The van der Waals surface area contributed by atoms with E-state index in [1.165, 1.54) is 9.80 Å². The SMILES string of the molecule is O=C(NOC1CC2CCC(C1)N2C(=O)O)[C@@H]1CC[C@@H]2CN1C(=O)N2O. The quantitative estimate of drug-likeness (QED) is 0.497. The highest BCUT2D eigenvalue weighted by Crippen LogP contribution is 2.36. The van der Waals surface area contributed by atoms with Crippen molar-refractivity contribution in [2.75, 3.05) is 6.54 Å². The molecule has 0 aromatic rings. The summed E-state index contributed by atoms with van der Waals surface area (Å²) in [6, 6.07) is -1.55. The van der Waals surface area contributed by atoms with Gasteiger partial charge in [0, 0.05) is 18.6 Å². The Labute approximate surface area is 144 Å². The number of hydroxylamine groups is 3. The zero-order valence-corrected chi connectivity index (χ0v) is 13.7. The number of nitrogens with one attached hydrogen (secondary N) is 1. The minimum Gasteiger partial charge on any atom is -0.465 e. The van der Waals surface area contributed by atoms with Crippen LogP contribution in [0.4, 0.5) is 9.59 Å². The second-order valence-corrected chi connectivity index (χ2v) is 7.28. The summed E-state index contributed by atoms with van der Waals surface area (Å²) in [5, 5.41) is 19.6. The summed E-state index contributed by atoms with van der Waals surface area (Å²) in [4.78, 5) is 44.0. The Kier molecular flexibility index (Phi) is 3.95. The Bertz CT molecular complexity index is 587. The molecule has 4 bridgehead atoms. The zero-order valence-electron chi connectivity index (χ0n) is 13.7. The molecule has 3 N–H and O–H groups in total. The molecule has 0 aliphatic carbocycles. The predicted molar refractivity (Wildman–Crippen MR) is 81.5 cm³/mol. The van der Waals surface area contributed by atoms with E-state index in [0.717, 1.165) is 12.8 Å². The lowest BCUT2D eigenvalue weighted by Crippen LogP contribution is -2.52. The molecule has 4 aliphatic heterocycles. The van der Waals surface area contributed by atoms with Gasteiger partial charge in [0.05, 0.1) is 12.1 Å². The van der Waals surface area contributed by atoms with Crippen molar-refractivity contribution < 1.29 is 29.5 Å². The van der Waals surface area contributed by atoms with Gasteiger partial charge in [-0.15, -0.1) is 0 Å². The highest BCUT2D eigenvalue weighted by atomic mass is 16.7. The predicted octanol–water partition coefficient (Wildman–Crippen LogP) is 0.365. The Morgan fingerprint density at radius 1 is 1.08 bits per heavy atom. The third kappa shape index (κ3) is 2.69. The second-order valence-electron chi connectivity index (χ2n) is 7.28. The number of amides is 4. The lowest BCUT2D eigenvalue weighted by atomic mass is 10.00. The molecule has 4 atom stereocenters. The van der Waals surface area contributed by atoms with Gasteiger partial charge in [0.25, 0.3) is 5.91 Å². The topological polar surface area (TPSA) is 123 Å². The highest BCUT2D eigenvalue weighted by Gasteiger charge is 2.47. The third-order valence-corrected chi connectivity index (χ3v) is 5.88. The number of carbonyl (C=O) groups excluding carboxylic acids is 2. The summed E-state index contributed by atoms with van der Waals surface area (Å²) in [6.45, 7) is 0.342. The van der Waals surface area contributed by atoms with E-state index in [9.17, 15) is 24.7 Å². The van der Waals surface area contributed by atoms with Crippen molar-refractivity contribution in [1.29, 1.82) is 0 Å². The van der Waals surface area contributed by atoms with E-state index in [4.69, 9.17) is 4.84 Å². The summed E-state index contributed by atoms with van der Waals surface area (Å²) >= 11 is 0. The minimum absolute atomic E-state index is 0.0586. The number of hydrogen-bond acceptors (Lipinski definition) is 5. The van der Waals surface area contributed by atoms with Crippen LogP contribution in [0.5, 0.6) is 0 Å². The van der Waals surface area contributed by atoms with Crippen molar-refractivity contribution in [1.82, 2.24) is 20.3 Å². The van der Waals surface area contributed by atoms with Crippen LogP contribution in [0.25, 0.3) is 0 Å². The number of carbonyl (C=O) groups is 3. The van der Waals surface area contributed by atoms with Gasteiger partial charge in [0.1, 0.15) is 6.04 Å². The molecule has 4 heterocycles. The van der Waals surface area contributed by atoms with Gasteiger partial charge in [0.2, 0.25) is 0 Å². The van der Waals surface area contributed by atoms with Crippen LogP contribution in [-0.2, 0) is 9.63 Å². The number of carboxylic acid groups (broad SMARTS) is 1. The average Bonchev–Trinajstić information content (AvgIpc) is 2.99. The Morgan fingerprint density at radius 3 is 2.36 bits per heavy atom. The van der Waals surface area contributed by atoms with Crippen LogP contribution >= 0.6 is 0 Å². The fourth-order valence-corrected chi connectivity index (χ4v) is 4.67. The standard InChI is InChI=1S/C15H22N4O6/c20-13(12-4-3-10-7-17(12)14(21)19(10)24)16-25-11-5-8-1-2-9(6-11)18(8)15(22)23/h8-12,24H,1-7H2,(H,16,20)(H,22,23)/t8?,9?,10-,11?,12+/m1/s1. The summed E-state index contributed by atoms with van der Waals surface area (Å²) in [6.07, 6.45) is 2.69. The fraction of sp³-hybridized carbons (Fsp3) is 0.800. The molecule has 4 fully saturated rings. The van der Waals surface area contributed by atoms with E-state index in [-0.39, 0.29) is 24.2 Å². The van der Waals surface area contributed by atoms with E-state index >= 15 is 0 Å². The number of nitrogens with zero attached hydrogens (tertiary/aromatic N) is 3. The molecule has 2 unspecified atom stereocenters. The molecule has 4 aliphatic rings. The number of hydrogen-bond donors (Lipinski definition) is 3. The molecule has 0 saturated carbocycles. The molecular formula is C15H22N4O6. The van der Waals surface area contributed by atoms with Gasteiger partial charge < -0.3 is 14.9 Å². The van der Waals surface area contributed by atoms with Crippen molar-refractivity contribution in [2.24, 2.45) is 0 Å². The van der Waals surface area contributed by atoms with Crippen LogP contribution in [0.2, 0.25) is 0 Å². The number of fused-ring (bicyclic) bond motifs is 4. The van der Waals surface area contributed by atoms with E-state index in [2.05, 4.69) is 5.48 Å². The fourth-order valence-electron chi connectivity index (χ4n) is 4.67. The zero-order chi connectivity index (χ0) is 17.7. The molecule has 10 heteroatoms. The summed E-state index contributed by atoms with van der Waals surface area (Å²) in [7, 11) is 0. The lowest BCUT2D eigenvalue weighted by Gasteiger charge is -2.37. The van der Waals surface area contributed by atoms with Crippen molar-refractivity contribution in [3.63, 3.8) is 0 Å². The lowest BCUT2D eigenvalue weighted by molar-refractivity contribution is -0.147. The molecule has 0 radical (unpaired) electrons. The number of piperidine rings is 2. The van der Waals surface area contributed by atoms with Gasteiger partial charge in [-0.25, -0.2) is 20.1 Å². The molecule has 4 saturated heterocycles. The minimum atomic E-state index is -0.896. The van der Waals surface area contributed by atoms with Gasteiger partial charge in [-0.2, -0.15) is 0 Å². The maximum absolute atomic E-state index is 12.4. The molecule has 10 nitrogen and oxygen atoms in total. The van der Waals surface area contributed by atoms with Gasteiger partial charge in [0.15, 0.2) is 0 Å². The van der Waals surface area contributed by atoms with E-state index < -0.39 is 24.1 Å². The maximum Gasteiger partial charge on any atom is 0.407 e. The third-order valence-electron chi connectivity index (χ3n) is 5.88.